The van der Waals surface area contributed by atoms with Crippen molar-refractivity contribution >= 4 is 72.8 Å². The first-order chi connectivity index (χ1) is 31.7. The van der Waals surface area contributed by atoms with Crippen LogP contribution >= 0.6 is 0 Å². The maximum absolute atomic E-state index is 11.8. The van der Waals surface area contributed by atoms with E-state index >= 15 is 0 Å². The lowest BCUT2D eigenvalue weighted by Gasteiger charge is -2.23. The summed E-state index contributed by atoms with van der Waals surface area (Å²) in [6, 6.07) is 21.0. The quantitative estimate of drug-likeness (QED) is 0.105. The van der Waals surface area contributed by atoms with E-state index in [1.165, 1.54) is 22.3 Å². The van der Waals surface area contributed by atoms with E-state index < -0.39 is 92.4 Å². The SMILES string of the molecule is CC[n+]1cccc(C)c1.CC[n+]1cccc(C)c1.CC[n+]1cccc(C)c1.CC[n+]1cccc(C)c1.O=S(=O)([O-])c1cc(S(=O)(=O)[O-])c2ccc3c(S(=O)(=O)[O-])cc(S(=O)(=O)[O-])c4ccc1c2c43. The van der Waals surface area contributed by atoms with E-state index in [0.29, 0.717) is 12.1 Å². The van der Waals surface area contributed by atoms with Crippen molar-refractivity contribution in [2.24, 2.45) is 0 Å². The molecule has 0 saturated carbocycles. The lowest BCUT2D eigenvalue weighted by atomic mass is 9.94. The minimum Gasteiger partial charge on any atom is -0.744 e. The van der Waals surface area contributed by atoms with E-state index in [4.69, 9.17) is 0 Å². The van der Waals surface area contributed by atoms with Crippen LogP contribution < -0.4 is 18.3 Å². The van der Waals surface area contributed by atoms with Crippen LogP contribution in [0, 0.1) is 27.7 Å². The predicted octanol–water partition coefficient (Wildman–Crippen LogP) is 5.41. The van der Waals surface area contributed by atoms with Crippen molar-refractivity contribution in [2.45, 2.75) is 101 Å². The largest absolute Gasteiger partial charge is 0.744 e. The van der Waals surface area contributed by atoms with Gasteiger partial charge in [-0.2, -0.15) is 0 Å². The van der Waals surface area contributed by atoms with Gasteiger partial charge in [0.25, 0.3) is 0 Å². The molecule has 4 aromatic carbocycles. The van der Waals surface area contributed by atoms with E-state index in [1.807, 2.05) is 0 Å². The zero-order chi connectivity index (χ0) is 50.8. The Balaban J connectivity index is 0.000000225. The van der Waals surface area contributed by atoms with Crippen molar-refractivity contribution in [1.82, 2.24) is 0 Å². The van der Waals surface area contributed by atoms with E-state index in [9.17, 15) is 51.9 Å². The molecule has 0 amide bonds. The van der Waals surface area contributed by atoms with Crippen LogP contribution in [0.15, 0.2) is 154 Å². The van der Waals surface area contributed by atoms with E-state index in [2.05, 4.69) is 172 Å². The average molecular weight is 1010 g/mol. The average Bonchev–Trinajstić information content (AvgIpc) is 3.27. The maximum atomic E-state index is 11.8. The Morgan fingerprint density at radius 1 is 0.353 bits per heavy atom. The maximum Gasteiger partial charge on any atom is 0.171 e. The molecule has 8 rings (SSSR count). The molecule has 68 heavy (non-hydrogen) atoms. The predicted molar refractivity (Wildman–Crippen MR) is 250 cm³/mol. The number of pyridine rings is 4. The molecule has 4 heterocycles. The van der Waals surface area contributed by atoms with Gasteiger partial charge in [-0.25, -0.2) is 51.9 Å². The standard InChI is InChI=1S/C16H10O12S4.4C8H12N/c17-29(18,19)11-5-13(31(23,24)25)9-3-4-10-14(32(26,27)28)6-12(30(20,21)22)8-2-1-7(11)15(9)16(8)10;4*1-3-9-6-4-5-8(2)7-9/h1-6H,(H,17,18,19)(H,20,21,22)(H,23,24,25)(H,26,27,28);4*4-7H,3H2,1-2H3/q;4*+1/p-4. The van der Waals surface area contributed by atoms with Gasteiger partial charge in [-0.05, 0) is 103 Å². The Hall–Kier alpha value is -5.84. The number of rotatable bonds is 8. The molecule has 0 saturated heterocycles. The third-order valence-electron chi connectivity index (χ3n) is 10.3. The molecule has 0 bridgehead atoms. The number of nitrogens with zero attached hydrogens (tertiary/aromatic N) is 4. The second-order valence-electron chi connectivity index (χ2n) is 15.5. The van der Waals surface area contributed by atoms with Crippen molar-refractivity contribution in [3.63, 3.8) is 0 Å². The van der Waals surface area contributed by atoms with Crippen LogP contribution in [-0.2, 0) is 66.7 Å². The van der Waals surface area contributed by atoms with Gasteiger partial charge in [0.2, 0.25) is 0 Å². The minimum absolute atomic E-state index is 0.336. The molecule has 8 aromatic rings. The Morgan fingerprint density at radius 3 is 0.676 bits per heavy atom. The lowest BCUT2D eigenvalue weighted by molar-refractivity contribution is -0.694. The summed E-state index contributed by atoms with van der Waals surface area (Å²) in [6.07, 6.45) is 16.9. The highest BCUT2D eigenvalue weighted by molar-refractivity contribution is 7.87. The summed E-state index contributed by atoms with van der Waals surface area (Å²) < 4.78 is 150. The van der Waals surface area contributed by atoms with Gasteiger partial charge in [0.05, 0.1) is 19.6 Å². The second kappa shape index (κ2) is 23.0. The highest BCUT2D eigenvalue weighted by Crippen LogP contribution is 2.44. The molecular formula is C48H54N4O12S4. The third-order valence-corrected chi connectivity index (χ3v) is 13.8. The van der Waals surface area contributed by atoms with Crippen molar-refractivity contribution < 1.29 is 70.2 Å². The Kier molecular flexibility index (Phi) is 18.5. The van der Waals surface area contributed by atoms with Crippen LogP contribution in [0.3, 0.4) is 0 Å². The second-order valence-corrected chi connectivity index (χ2v) is 20.9. The molecule has 20 heteroatoms. The number of hydrogen-bond donors (Lipinski definition) is 0. The minimum atomic E-state index is -5.40. The summed E-state index contributed by atoms with van der Waals surface area (Å²) in [7, 11) is -21.6. The first-order valence-electron chi connectivity index (χ1n) is 21.2. The number of benzene rings is 4. The van der Waals surface area contributed by atoms with Crippen LogP contribution in [-0.4, -0.2) is 51.9 Å². The van der Waals surface area contributed by atoms with Gasteiger partial charge in [-0.1, -0.05) is 24.3 Å². The summed E-state index contributed by atoms with van der Waals surface area (Å²) in [5.41, 5.74) is 5.28. The van der Waals surface area contributed by atoms with Gasteiger partial charge in [0.1, 0.15) is 66.7 Å². The van der Waals surface area contributed by atoms with Crippen LogP contribution in [0.4, 0.5) is 0 Å². The molecule has 0 unspecified atom stereocenters. The summed E-state index contributed by atoms with van der Waals surface area (Å²) >= 11 is 0. The van der Waals surface area contributed by atoms with E-state index in [1.54, 1.807) is 0 Å². The van der Waals surface area contributed by atoms with Gasteiger partial charge < -0.3 is 18.2 Å². The summed E-state index contributed by atoms with van der Waals surface area (Å²) in [5, 5.41) is -2.90. The van der Waals surface area contributed by atoms with E-state index in [-0.39, 0.29) is 0 Å². The molecule has 0 atom stereocenters. The van der Waals surface area contributed by atoms with Gasteiger partial charge in [-0.3, -0.25) is 0 Å². The zero-order valence-corrected chi connectivity index (χ0v) is 42.1. The molecule has 0 spiro atoms. The molecule has 0 aliphatic carbocycles. The Morgan fingerprint density at radius 2 is 0.544 bits per heavy atom. The molecule has 0 radical (unpaired) electrons. The van der Waals surface area contributed by atoms with Gasteiger partial charge in [-0.15, -0.1) is 0 Å². The van der Waals surface area contributed by atoms with E-state index in [0.717, 1.165) is 50.4 Å². The molecule has 0 aliphatic heterocycles. The molecule has 4 aromatic heterocycles. The van der Waals surface area contributed by atoms with Gasteiger partial charge in [0.15, 0.2) is 49.6 Å². The van der Waals surface area contributed by atoms with Crippen molar-refractivity contribution in [1.29, 1.82) is 0 Å². The molecular weight excluding hydrogens is 953 g/mol. The van der Waals surface area contributed by atoms with Crippen molar-refractivity contribution in [2.75, 3.05) is 0 Å². The monoisotopic (exact) mass is 1010 g/mol. The van der Waals surface area contributed by atoms with Crippen molar-refractivity contribution in [3.8, 4) is 0 Å². The van der Waals surface area contributed by atoms with Crippen LogP contribution in [0.5, 0.6) is 0 Å². The van der Waals surface area contributed by atoms with Crippen molar-refractivity contribution in [3.05, 3.63) is 157 Å². The molecule has 0 fully saturated rings. The molecule has 0 aliphatic rings. The Bertz CT molecular complexity index is 3060. The number of hydrogen-bond acceptors (Lipinski definition) is 12. The molecule has 0 N–H and O–H groups in total. The topological polar surface area (TPSA) is 244 Å². The lowest BCUT2D eigenvalue weighted by Crippen LogP contribution is -2.30. The normalized spacial score (nSPS) is 11.6. The van der Waals surface area contributed by atoms with Gasteiger partial charge in [0, 0.05) is 68.1 Å². The van der Waals surface area contributed by atoms with Crippen LogP contribution in [0.2, 0.25) is 0 Å². The fourth-order valence-electron chi connectivity index (χ4n) is 7.09. The van der Waals surface area contributed by atoms with Crippen LogP contribution in [0.25, 0.3) is 32.3 Å². The summed E-state index contributed by atoms with van der Waals surface area (Å²) in [6.45, 7) is 21.2. The molecule has 16 nitrogen and oxygen atoms in total. The fourth-order valence-corrected chi connectivity index (χ4v) is 10.0. The van der Waals surface area contributed by atoms with Gasteiger partial charge >= 0.3 is 0 Å². The zero-order valence-electron chi connectivity index (χ0n) is 38.9. The Labute approximate surface area is 398 Å². The fraction of sp³-hybridized carbons (Fsp3) is 0.250. The highest BCUT2D eigenvalue weighted by atomic mass is 32.2. The number of aryl methyl sites for hydroxylation is 8. The number of aromatic nitrogens is 4. The summed E-state index contributed by atoms with van der Waals surface area (Å²) in [4.78, 5) is -4.63. The first-order valence-corrected chi connectivity index (χ1v) is 26.8. The smallest absolute Gasteiger partial charge is 0.171 e. The third kappa shape index (κ3) is 14.6. The van der Waals surface area contributed by atoms with Crippen LogP contribution in [0.1, 0.15) is 49.9 Å². The first kappa shape index (κ1) is 54.8. The highest BCUT2D eigenvalue weighted by Gasteiger charge is 2.24. The molecule has 362 valence electrons. The summed E-state index contributed by atoms with van der Waals surface area (Å²) in [5.74, 6) is 0.